The Balaban J connectivity index is 1.54. The van der Waals surface area contributed by atoms with E-state index in [1.807, 2.05) is 0 Å². The zero-order valence-corrected chi connectivity index (χ0v) is 54.9. The predicted octanol–water partition coefficient (Wildman–Crippen LogP) is 14.5. The van der Waals surface area contributed by atoms with E-state index in [2.05, 4.69) is 198 Å². The highest BCUT2D eigenvalue weighted by atomic mass is 16.6. The van der Waals surface area contributed by atoms with E-state index in [-0.39, 0.29) is 110 Å². The molecule has 0 spiro atoms. The van der Waals surface area contributed by atoms with Gasteiger partial charge in [0.15, 0.2) is 0 Å². The molecule has 0 bridgehead atoms. The summed E-state index contributed by atoms with van der Waals surface area (Å²) in [6, 6.07) is 0. The summed E-state index contributed by atoms with van der Waals surface area (Å²) < 4.78 is 40.4. The minimum absolute atomic E-state index is 0.00331. The molecule has 0 N–H and O–H groups in total. The van der Waals surface area contributed by atoms with Gasteiger partial charge >= 0.3 is 0 Å². The van der Waals surface area contributed by atoms with Crippen molar-refractivity contribution in [1.29, 1.82) is 0 Å². The van der Waals surface area contributed by atoms with E-state index < -0.39 is 6.10 Å². The van der Waals surface area contributed by atoms with Crippen LogP contribution in [-0.2, 0) is 23.7 Å². The highest BCUT2D eigenvalue weighted by molar-refractivity contribution is 5.10. The molecule has 1 saturated carbocycles. The van der Waals surface area contributed by atoms with E-state index in [1.54, 1.807) is 0 Å². The van der Waals surface area contributed by atoms with Gasteiger partial charge in [0.1, 0.15) is 18.3 Å². The standard InChI is InChI=1S/C66H127N5O5/c1-26-31-67-57(6,7)37-47(38-58(67,8)9)72-52-36-53(73-48-39-59(10,11)68(32-27-2)60(12,13)40-48)55(75-50-43-63(18,19)70(34-29-4)64(20,21)44-50)56(76-51-45-65(22,23)71(35-30-5)66(24,25)46-51)54(52)74-49-41-61(14,15)69(33-28-3)62(16,17)42-49/h47-56H,26-46H2,1-25H3. The quantitative estimate of drug-likeness (QED) is 0.118. The second-order valence-corrected chi connectivity index (χ2v) is 32.4. The van der Waals surface area contributed by atoms with Crippen LogP contribution in [0, 0.1) is 0 Å². The first kappa shape index (κ1) is 64.8. The molecular formula is C66H127N5O5. The van der Waals surface area contributed by atoms with Crippen molar-refractivity contribution < 1.29 is 23.7 Å². The van der Waals surface area contributed by atoms with Crippen molar-refractivity contribution in [3.05, 3.63) is 0 Å². The fourth-order valence-electron chi connectivity index (χ4n) is 18.8. The van der Waals surface area contributed by atoms with Gasteiger partial charge in [-0.15, -0.1) is 0 Å². The van der Waals surface area contributed by atoms with Gasteiger partial charge in [-0.05, 0) is 268 Å². The summed E-state index contributed by atoms with van der Waals surface area (Å²) in [4.78, 5) is 13.8. The summed E-state index contributed by atoms with van der Waals surface area (Å²) in [5, 5.41) is 0. The molecule has 4 unspecified atom stereocenters. The second-order valence-electron chi connectivity index (χ2n) is 32.4. The minimum Gasteiger partial charge on any atom is -0.372 e. The van der Waals surface area contributed by atoms with Crippen LogP contribution in [0.1, 0.15) is 276 Å². The van der Waals surface area contributed by atoms with Gasteiger partial charge in [0, 0.05) is 61.8 Å². The fraction of sp³-hybridized carbons (Fsp3) is 1.00. The number of rotatable bonds is 20. The molecule has 0 radical (unpaired) electrons. The lowest BCUT2D eigenvalue weighted by Gasteiger charge is -2.60. The average Bonchev–Trinajstić information content (AvgIpc) is 3.23. The van der Waals surface area contributed by atoms with Crippen LogP contribution in [0.2, 0.25) is 0 Å². The van der Waals surface area contributed by atoms with Gasteiger partial charge < -0.3 is 23.7 Å². The average molecular weight is 1070 g/mol. The number of hydrogen-bond acceptors (Lipinski definition) is 10. The fourth-order valence-corrected chi connectivity index (χ4v) is 18.8. The van der Waals surface area contributed by atoms with Gasteiger partial charge in [-0.25, -0.2) is 0 Å². The van der Waals surface area contributed by atoms with Crippen molar-refractivity contribution >= 4 is 0 Å². The van der Waals surface area contributed by atoms with Crippen molar-refractivity contribution in [3.63, 3.8) is 0 Å². The molecular weight excluding hydrogens is 943 g/mol. The molecule has 0 aromatic carbocycles. The van der Waals surface area contributed by atoms with Gasteiger partial charge in [0.25, 0.3) is 0 Å². The molecule has 0 amide bonds. The predicted molar refractivity (Wildman–Crippen MR) is 320 cm³/mol. The van der Waals surface area contributed by atoms with Gasteiger partial charge in [-0.2, -0.15) is 0 Å². The Morgan fingerprint density at radius 2 is 0.408 bits per heavy atom. The lowest BCUT2D eigenvalue weighted by Crippen LogP contribution is -2.69. The van der Waals surface area contributed by atoms with Crippen molar-refractivity contribution in [3.8, 4) is 0 Å². The molecule has 5 saturated heterocycles. The zero-order valence-electron chi connectivity index (χ0n) is 54.9. The van der Waals surface area contributed by atoms with E-state index in [4.69, 9.17) is 23.7 Å². The van der Waals surface area contributed by atoms with Crippen LogP contribution in [0.4, 0.5) is 0 Å². The third-order valence-corrected chi connectivity index (χ3v) is 20.4. The molecule has 76 heavy (non-hydrogen) atoms. The number of nitrogens with zero attached hydrogens (tertiary/aromatic N) is 5. The lowest BCUT2D eigenvalue weighted by molar-refractivity contribution is -0.297. The van der Waals surface area contributed by atoms with Gasteiger partial charge in [0.05, 0.1) is 42.7 Å². The smallest absolute Gasteiger partial charge is 0.115 e. The largest absolute Gasteiger partial charge is 0.372 e. The van der Waals surface area contributed by atoms with Crippen LogP contribution in [0.3, 0.4) is 0 Å². The molecule has 5 heterocycles. The van der Waals surface area contributed by atoms with Crippen LogP contribution in [0.5, 0.6) is 0 Å². The summed E-state index contributed by atoms with van der Waals surface area (Å²) in [7, 11) is 0. The van der Waals surface area contributed by atoms with E-state index in [1.165, 1.54) is 0 Å². The van der Waals surface area contributed by atoms with Gasteiger partial charge in [0.2, 0.25) is 0 Å². The van der Waals surface area contributed by atoms with E-state index >= 15 is 0 Å². The molecule has 0 aromatic rings. The van der Waals surface area contributed by atoms with Crippen LogP contribution in [0.15, 0.2) is 0 Å². The Morgan fingerprint density at radius 3 is 0.579 bits per heavy atom. The van der Waals surface area contributed by atoms with Crippen molar-refractivity contribution in [1.82, 2.24) is 24.5 Å². The molecule has 4 atom stereocenters. The highest BCUT2D eigenvalue weighted by Crippen LogP contribution is 2.50. The van der Waals surface area contributed by atoms with E-state index in [9.17, 15) is 0 Å². The molecule has 6 aliphatic rings. The summed E-state index contributed by atoms with van der Waals surface area (Å²) >= 11 is 0. The second kappa shape index (κ2) is 23.7. The Morgan fingerprint density at radius 1 is 0.250 bits per heavy atom. The van der Waals surface area contributed by atoms with Crippen molar-refractivity contribution in [2.24, 2.45) is 0 Å². The number of ether oxygens (including phenoxy) is 5. The lowest BCUT2D eigenvalue weighted by atomic mass is 9.76. The molecule has 5 aliphatic heterocycles. The number of hydrogen-bond donors (Lipinski definition) is 0. The van der Waals surface area contributed by atoms with Crippen molar-refractivity contribution in [2.45, 2.75) is 392 Å². The Labute approximate surface area is 471 Å². The molecule has 446 valence electrons. The monoisotopic (exact) mass is 1070 g/mol. The zero-order chi connectivity index (χ0) is 57.0. The third-order valence-electron chi connectivity index (χ3n) is 20.4. The van der Waals surface area contributed by atoms with E-state index in [0.717, 1.165) is 135 Å². The molecule has 6 fully saturated rings. The molecule has 6 rings (SSSR count). The van der Waals surface area contributed by atoms with Crippen LogP contribution < -0.4 is 0 Å². The van der Waals surface area contributed by atoms with Gasteiger partial charge in [-0.1, -0.05) is 34.6 Å². The van der Waals surface area contributed by atoms with Gasteiger partial charge in [-0.3, -0.25) is 24.5 Å². The Hall–Kier alpha value is -0.400. The normalized spacial score (nSPS) is 33.7. The molecule has 10 heteroatoms. The van der Waals surface area contributed by atoms with E-state index in [0.29, 0.717) is 0 Å². The van der Waals surface area contributed by atoms with Crippen LogP contribution in [-0.4, -0.2) is 174 Å². The number of piperidine rings is 5. The first-order valence-corrected chi connectivity index (χ1v) is 32.0. The van der Waals surface area contributed by atoms with Crippen LogP contribution >= 0.6 is 0 Å². The number of likely N-dealkylation sites (tertiary alicyclic amines) is 5. The molecule has 10 nitrogen and oxygen atoms in total. The summed E-state index contributed by atoms with van der Waals surface area (Å²) in [5.74, 6) is 0. The highest BCUT2D eigenvalue weighted by Gasteiger charge is 2.58. The van der Waals surface area contributed by atoms with Crippen LogP contribution in [0.25, 0.3) is 0 Å². The minimum atomic E-state index is -0.403. The maximum Gasteiger partial charge on any atom is 0.115 e. The SMILES string of the molecule is CCCN1C(C)(C)CC(OC2CC(OC3CC(C)(C)N(CCC)C(C)(C)C3)C(OC3CC(C)(C)N(CCC)C(C)(C)C3)C(OC3CC(C)(C)N(CCC)C(C)(C)C3)C2OC2CC(C)(C)N(CCC)C(C)(C)C2)CC1(C)C. The summed E-state index contributed by atoms with van der Waals surface area (Å²) in [6.07, 6.45) is 14.6. The maximum absolute atomic E-state index is 8.19. The Bertz CT molecular complexity index is 1660. The van der Waals surface area contributed by atoms with Crippen molar-refractivity contribution in [2.75, 3.05) is 32.7 Å². The molecule has 1 aliphatic carbocycles. The summed E-state index contributed by atoms with van der Waals surface area (Å²) in [5.41, 5.74) is -0.358. The first-order chi connectivity index (χ1) is 34.8. The third kappa shape index (κ3) is 14.3. The summed E-state index contributed by atoms with van der Waals surface area (Å²) in [6.45, 7) is 66.3. The molecule has 0 aromatic heterocycles. The maximum atomic E-state index is 8.19. The topological polar surface area (TPSA) is 62.4 Å². The Kier molecular flexibility index (Phi) is 20.2. The first-order valence-electron chi connectivity index (χ1n) is 32.0.